The Hall–Kier alpha value is -2.77. The Balaban J connectivity index is 1.51. The summed E-state index contributed by atoms with van der Waals surface area (Å²) in [5.41, 5.74) is 3.70. The predicted octanol–water partition coefficient (Wildman–Crippen LogP) is 3.10. The van der Waals surface area contributed by atoms with Crippen molar-refractivity contribution < 1.29 is 14.2 Å². The molecule has 158 valence electrons. The van der Waals surface area contributed by atoms with Gasteiger partial charge in [-0.15, -0.1) is 0 Å². The van der Waals surface area contributed by atoms with Crippen molar-refractivity contribution in [1.29, 1.82) is 0 Å². The molecule has 2 aliphatic heterocycles. The van der Waals surface area contributed by atoms with Crippen LogP contribution in [0.4, 0.5) is 5.82 Å². The summed E-state index contributed by atoms with van der Waals surface area (Å²) in [5, 5.41) is 4.80. The number of nitrogens with one attached hydrogen (secondary N) is 1. The van der Waals surface area contributed by atoms with Gasteiger partial charge in [-0.3, -0.25) is 4.90 Å². The van der Waals surface area contributed by atoms with Crippen LogP contribution in [0.2, 0.25) is 0 Å². The average molecular weight is 409 g/mol. The van der Waals surface area contributed by atoms with Crippen LogP contribution in [0.1, 0.15) is 17.2 Å². The second-order valence-electron chi connectivity index (χ2n) is 7.87. The van der Waals surface area contributed by atoms with Crippen molar-refractivity contribution in [2.24, 2.45) is 0 Å². The number of nitrogens with zero attached hydrogens (tertiary/aromatic N) is 3. The molecule has 0 bridgehead atoms. The number of morpholine rings is 1. The number of methoxy groups -OCH3 is 2. The average Bonchev–Trinajstić information content (AvgIpc) is 3.38. The van der Waals surface area contributed by atoms with E-state index < -0.39 is 0 Å². The lowest BCUT2D eigenvalue weighted by Gasteiger charge is -2.26. The quantitative estimate of drug-likeness (QED) is 0.676. The minimum absolute atomic E-state index is 0.195. The van der Waals surface area contributed by atoms with E-state index in [1.165, 1.54) is 22.0 Å². The summed E-state index contributed by atoms with van der Waals surface area (Å²) < 4.78 is 19.0. The largest absolute Gasteiger partial charge is 0.493 e. The third kappa shape index (κ3) is 3.48. The van der Waals surface area contributed by atoms with Gasteiger partial charge in [0, 0.05) is 62.0 Å². The van der Waals surface area contributed by atoms with Crippen LogP contribution < -0.4 is 14.8 Å². The van der Waals surface area contributed by atoms with Crippen LogP contribution in [-0.2, 0) is 17.7 Å². The summed E-state index contributed by atoms with van der Waals surface area (Å²) in [7, 11) is 3.37. The Kier molecular flexibility index (Phi) is 5.23. The molecule has 1 aromatic carbocycles. The third-order valence-corrected chi connectivity index (χ3v) is 6.18. The zero-order chi connectivity index (χ0) is 20.5. The molecule has 1 fully saturated rings. The summed E-state index contributed by atoms with van der Waals surface area (Å²) in [4.78, 5) is 6.96. The predicted molar refractivity (Wildman–Crippen MR) is 117 cm³/mol. The van der Waals surface area contributed by atoms with Crippen molar-refractivity contribution in [2.75, 3.05) is 52.4 Å². The van der Waals surface area contributed by atoms with E-state index >= 15 is 0 Å². The van der Waals surface area contributed by atoms with Crippen molar-refractivity contribution in [2.45, 2.75) is 19.0 Å². The van der Waals surface area contributed by atoms with Crippen LogP contribution in [0, 0.1) is 0 Å². The number of anilines is 1. The monoisotopic (exact) mass is 408 g/mol. The first kappa shape index (κ1) is 19.2. The summed E-state index contributed by atoms with van der Waals surface area (Å²) >= 11 is 0. The zero-order valence-corrected chi connectivity index (χ0v) is 17.6. The highest BCUT2D eigenvalue weighted by Gasteiger charge is 2.27. The lowest BCUT2D eigenvalue weighted by atomic mass is 10.0. The molecule has 0 saturated carbocycles. The molecule has 1 unspecified atom stereocenters. The van der Waals surface area contributed by atoms with Gasteiger partial charge in [0.05, 0.1) is 39.0 Å². The minimum Gasteiger partial charge on any atom is -0.493 e. The molecule has 2 aromatic heterocycles. The maximum absolute atomic E-state index is 5.60. The molecule has 4 heterocycles. The molecule has 1 N–H and O–H groups in total. The van der Waals surface area contributed by atoms with Crippen molar-refractivity contribution in [3.8, 4) is 11.5 Å². The van der Waals surface area contributed by atoms with E-state index in [4.69, 9.17) is 14.2 Å². The molecule has 3 aromatic rings. The standard InChI is InChI=1S/C23H28N4O3/c1-28-21-13-17-18(19-12-16-4-3-5-24-23(16)25-19)15-27(20(17)14-22(21)29-2)7-6-26-8-10-30-11-9-26/h3-5,13-15,19H,6-12H2,1-2H3,(H,24,25). The normalized spacial score (nSPS) is 18.9. The number of ether oxygens (including phenoxy) is 3. The highest BCUT2D eigenvalue weighted by Crippen LogP contribution is 2.40. The third-order valence-electron chi connectivity index (χ3n) is 6.18. The first-order chi connectivity index (χ1) is 14.8. The molecular weight excluding hydrogens is 380 g/mol. The summed E-state index contributed by atoms with van der Waals surface area (Å²) in [5.74, 6) is 2.50. The van der Waals surface area contributed by atoms with Gasteiger partial charge in [0.1, 0.15) is 5.82 Å². The topological polar surface area (TPSA) is 60.8 Å². The Labute approximate surface area is 176 Å². The van der Waals surface area contributed by atoms with Crippen LogP contribution in [0.25, 0.3) is 10.9 Å². The number of rotatable bonds is 6. The van der Waals surface area contributed by atoms with Gasteiger partial charge < -0.3 is 24.1 Å². The minimum atomic E-state index is 0.195. The number of hydrogen-bond donors (Lipinski definition) is 1. The Bertz CT molecular complexity index is 1020. The van der Waals surface area contributed by atoms with Crippen molar-refractivity contribution in [3.05, 3.63) is 47.8 Å². The summed E-state index contributed by atoms with van der Waals surface area (Å²) in [6.45, 7) is 5.55. The van der Waals surface area contributed by atoms with Gasteiger partial charge >= 0.3 is 0 Å². The van der Waals surface area contributed by atoms with E-state index in [0.29, 0.717) is 0 Å². The van der Waals surface area contributed by atoms with Gasteiger partial charge in [-0.25, -0.2) is 4.98 Å². The highest BCUT2D eigenvalue weighted by molar-refractivity contribution is 5.88. The maximum atomic E-state index is 5.60. The van der Waals surface area contributed by atoms with Gasteiger partial charge in [-0.1, -0.05) is 6.07 Å². The molecule has 0 aliphatic carbocycles. The molecule has 1 atom stereocenters. The summed E-state index contributed by atoms with van der Waals surface area (Å²) in [6, 6.07) is 8.54. The SMILES string of the molecule is COc1cc2c(C3Cc4cccnc4N3)cn(CCN3CCOCC3)c2cc1OC. The lowest BCUT2D eigenvalue weighted by Crippen LogP contribution is -2.38. The molecule has 0 amide bonds. The van der Waals surface area contributed by atoms with Crippen LogP contribution in [0.5, 0.6) is 11.5 Å². The molecule has 1 saturated heterocycles. The van der Waals surface area contributed by atoms with E-state index in [1.54, 1.807) is 14.2 Å². The highest BCUT2D eigenvalue weighted by atomic mass is 16.5. The van der Waals surface area contributed by atoms with Gasteiger partial charge in [0.2, 0.25) is 0 Å². The summed E-state index contributed by atoms with van der Waals surface area (Å²) in [6.07, 6.45) is 5.06. The number of pyridine rings is 1. The number of hydrogen-bond acceptors (Lipinski definition) is 6. The van der Waals surface area contributed by atoms with E-state index in [-0.39, 0.29) is 6.04 Å². The van der Waals surface area contributed by atoms with Crippen molar-refractivity contribution in [3.63, 3.8) is 0 Å². The Morgan fingerprint density at radius 1 is 1.13 bits per heavy atom. The fourth-order valence-electron chi connectivity index (χ4n) is 4.54. The molecule has 0 radical (unpaired) electrons. The van der Waals surface area contributed by atoms with Crippen molar-refractivity contribution >= 4 is 16.7 Å². The molecule has 30 heavy (non-hydrogen) atoms. The Morgan fingerprint density at radius 2 is 1.93 bits per heavy atom. The first-order valence-electron chi connectivity index (χ1n) is 10.5. The maximum Gasteiger partial charge on any atom is 0.162 e. The molecule has 0 spiro atoms. The van der Waals surface area contributed by atoms with Crippen LogP contribution in [0.15, 0.2) is 36.7 Å². The number of fused-ring (bicyclic) bond motifs is 2. The molecule has 5 rings (SSSR count). The lowest BCUT2D eigenvalue weighted by molar-refractivity contribution is 0.0365. The fourth-order valence-corrected chi connectivity index (χ4v) is 4.54. The van der Waals surface area contributed by atoms with Gasteiger partial charge in [-0.05, 0) is 17.7 Å². The number of benzene rings is 1. The van der Waals surface area contributed by atoms with E-state index in [0.717, 1.165) is 63.1 Å². The van der Waals surface area contributed by atoms with Crippen LogP contribution in [0.3, 0.4) is 0 Å². The zero-order valence-electron chi connectivity index (χ0n) is 17.6. The molecular formula is C23H28N4O3. The second-order valence-corrected chi connectivity index (χ2v) is 7.87. The second kappa shape index (κ2) is 8.16. The van der Waals surface area contributed by atoms with Gasteiger partial charge in [0.25, 0.3) is 0 Å². The Morgan fingerprint density at radius 3 is 2.70 bits per heavy atom. The van der Waals surface area contributed by atoms with E-state index in [9.17, 15) is 0 Å². The van der Waals surface area contributed by atoms with Crippen LogP contribution >= 0.6 is 0 Å². The van der Waals surface area contributed by atoms with Crippen LogP contribution in [-0.4, -0.2) is 61.5 Å². The first-order valence-corrected chi connectivity index (χ1v) is 10.5. The molecule has 7 nitrogen and oxygen atoms in total. The smallest absolute Gasteiger partial charge is 0.162 e. The van der Waals surface area contributed by atoms with E-state index in [2.05, 4.69) is 44.2 Å². The van der Waals surface area contributed by atoms with Gasteiger partial charge in [-0.2, -0.15) is 0 Å². The fraction of sp³-hybridized carbons (Fsp3) is 0.435. The van der Waals surface area contributed by atoms with E-state index in [1.807, 2.05) is 12.3 Å². The molecule has 2 aliphatic rings. The van der Waals surface area contributed by atoms with Crippen molar-refractivity contribution in [1.82, 2.24) is 14.5 Å². The molecule has 7 heteroatoms. The van der Waals surface area contributed by atoms with Gasteiger partial charge in [0.15, 0.2) is 11.5 Å². The number of aromatic nitrogens is 2.